The van der Waals surface area contributed by atoms with E-state index in [0.717, 1.165) is 4.90 Å². The van der Waals surface area contributed by atoms with Crippen molar-refractivity contribution in [3.8, 4) is 0 Å². The molecule has 1 aliphatic carbocycles. The Morgan fingerprint density at radius 2 is 1.73 bits per heavy atom. The number of piperazine rings is 1. The van der Waals surface area contributed by atoms with Gasteiger partial charge in [-0.1, -0.05) is 33.7 Å². The number of hydrogen-bond acceptors (Lipinski definition) is 20. The van der Waals surface area contributed by atoms with Gasteiger partial charge in [0.25, 0.3) is 11.5 Å². The van der Waals surface area contributed by atoms with Gasteiger partial charge in [-0.3, -0.25) is 33.9 Å². The Bertz CT molecular complexity index is 2970. The summed E-state index contributed by atoms with van der Waals surface area (Å²) < 4.78 is 16.8. The lowest BCUT2D eigenvalue weighted by atomic mass is 9.82. The molecule has 4 aliphatic rings. The number of nitrogens with two attached hydrogens (primary N) is 3. The number of rotatable bonds is 19. The third-order valence-corrected chi connectivity index (χ3v) is 14.9. The van der Waals surface area contributed by atoms with Gasteiger partial charge >= 0.3 is 18.2 Å². The van der Waals surface area contributed by atoms with E-state index in [1.54, 1.807) is 60.4 Å². The van der Waals surface area contributed by atoms with Crippen molar-refractivity contribution in [1.82, 2.24) is 40.4 Å². The van der Waals surface area contributed by atoms with Crippen LogP contribution < -0.4 is 38.7 Å². The number of nitrogens with zero attached hydrogens (tertiary/aromatic N) is 5. The van der Waals surface area contributed by atoms with Crippen LogP contribution >= 0.6 is 21.6 Å². The highest BCUT2D eigenvalue weighted by molar-refractivity contribution is 8.76. The zero-order chi connectivity index (χ0) is 50.9. The Morgan fingerprint density at radius 1 is 1.00 bits per heavy atom. The Morgan fingerprint density at radius 3 is 2.42 bits per heavy atom. The topological polar surface area (TPSA) is 359 Å². The second-order valence-electron chi connectivity index (χ2n) is 17.0. The van der Waals surface area contributed by atoms with Crippen LogP contribution in [0, 0.1) is 5.92 Å². The molecule has 71 heavy (non-hydrogen) atoms. The zero-order valence-corrected chi connectivity index (χ0v) is 39.9. The summed E-state index contributed by atoms with van der Waals surface area (Å²) >= 11 is 0. The summed E-state index contributed by atoms with van der Waals surface area (Å²) in [5.41, 5.74) is 17.3. The number of aromatic nitrogens is 4. The first kappa shape index (κ1) is 49.7. The van der Waals surface area contributed by atoms with Gasteiger partial charge in [0.2, 0.25) is 23.4 Å². The normalized spacial score (nSPS) is 20.7. The van der Waals surface area contributed by atoms with Crippen LogP contribution in [0.5, 0.6) is 0 Å². The van der Waals surface area contributed by atoms with Gasteiger partial charge < -0.3 is 57.4 Å². The van der Waals surface area contributed by atoms with Crippen LogP contribution in [0.3, 0.4) is 0 Å². The van der Waals surface area contributed by atoms with Gasteiger partial charge in [-0.25, -0.2) is 24.4 Å². The summed E-state index contributed by atoms with van der Waals surface area (Å²) in [5, 5.41) is 18.4. The number of primary amides is 1. The summed E-state index contributed by atoms with van der Waals surface area (Å²) in [6.07, 6.45) is -0.0585. The second-order valence-corrected chi connectivity index (χ2v) is 19.4. The molecule has 0 radical (unpaired) electrons. The van der Waals surface area contributed by atoms with Gasteiger partial charge in [-0.2, -0.15) is 4.98 Å². The fourth-order valence-corrected chi connectivity index (χ4v) is 11.1. The monoisotopic (exact) mass is 1010 g/mol. The molecule has 2 fully saturated rings. The fourth-order valence-electron chi connectivity index (χ4n) is 8.91. The molecular formula is C45H48N12O12S2. The van der Waals surface area contributed by atoms with Crippen molar-refractivity contribution in [2.45, 2.75) is 74.6 Å². The van der Waals surface area contributed by atoms with Gasteiger partial charge in [-0.05, 0) is 62.2 Å². The van der Waals surface area contributed by atoms with Crippen molar-refractivity contribution in [1.29, 1.82) is 0 Å². The molecule has 3 aliphatic heterocycles. The van der Waals surface area contributed by atoms with Gasteiger partial charge in [0.1, 0.15) is 25.3 Å². The van der Waals surface area contributed by atoms with Crippen LogP contribution in [0.2, 0.25) is 0 Å². The molecule has 11 N–H and O–H groups in total. The highest BCUT2D eigenvalue weighted by atomic mass is 33.1. The SMILES string of the molecule is CO[C@@]12C(COC(N)=O)C3=C(C(=O)C(C)=C(N)C3=O)N1CC1C2N1C(=O)OCc1ccc(SSC[C@H](NC(=O)CC[C@@H](C)NC(=O)c2ccc(NCc3cnc4nc(N)[nH]c(=O)c4n3)cc2)C(=O)O)cc1. The Kier molecular flexibility index (Phi) is 14.2. The molecule has 3 unspecified atom stereocenters. The van der Waals surface area contributed by atoms with E-state index in [4.69, 9.17) is 31.4 Å². The number of carboxylic acid groups (broad SMARTS) is 1. The number of amides is 4. The molecule has 6 atom stereocenters. The average Bonchev–Trinajstić information content (AvgIpc) is 3.86. The van der Waals surface area contributed by atoms with Gasteiger partial charge in [0, 0.05) is 59.2 Å². The number of ketones is 2. The molecule has 0 saturated carbocycles. The molecule has 24 nitrogen and oxygen atoms in total. The quantitative estimate of drug-likeness (QED) is 0.0375. The average molecular weight is 1010 g/mol. The maximum atomic E-state index is 13.5. The molecule has 372 valence electrons. The number of methoxy groups -OCH3 is 1. The summed E-state index contributed by atoms with van der Waals surface area (Å²) in [6.45, 7) is 3.09. The van der Waals surface area contributed by atoms with E-state index in [1.807, 2.05) is 0 Å². The van der Waals surface area contributed by atoms with Crippen molar-refractivity contribution in [3.05, 3.63) is 104 Å². The largest absolute Gasteiger partial charge is 0.480 e. The van der Waals surface area contributed by atoms with Gasteiger partial charge in [-0.15, -0.1) is 0 Å². The van der Waals surface area contributed by atoms with Crippen molar-refractivity contribution in [3.63, 3.8) is 0 Å². The number of anilines is 2. The maximum absolute atomic E-state index is 13.5. The van der Waals surface area contributed by atoms with E-state index in [9.17, 15) is 43.5 Å². The summed E-state index contributed by atoms with van der Waals surface area (Å²) in [5.74, 6) is -4.09. The number of H-pyrrole nitrogens is 1. The van der Waals surface area contributed by atoms with Crippen LogP contribution in [-0.2, 0) is 46.5 Å². The zero-order valence-electron chi connectivity index (χ0n) is 38.3. The first-order valence-corrected chi connectivity index (χ1v) is 24.3. The van der Waals surface area contributed by atoms with Crippen LogP contribution in [-0.4, -0.2) is 132 Å². The lowest BCUT2D eigenvalue weighted by Crippen LogP contribution is -2.56. The van der Waals surface area contributed by atoms with Gasteiger partial charge in [0.05, 0.1) is 41.8 Å². The lowest BCUT2D eigenvalue weighted by Gasteiger charge is -2.40. The minimum Gasteiger partial charge on any atom is -0.480 e. The van der Waals surface area contributed by atoms with Crippen LogP contribution in [0.1, 0.15) is 48.3 Å². The lowest BCUT2D eigenvalue weighted by molar-refractivity contribution is -0.144. The number of Topliss-reactive ketones (excluding diaryl/α,β-unsaturated/α-hetero) is 2. The van der Waals surface area contributed by atoms with E-state index in [2.05, 4.69) is 35.9 Å². The highest BCUT2D eigenvalue weighted by Gasteiger charge is 2.78. The van der Waals surface area contributed by atoms with E-state index in [1.165, 1.54) is 46.7 Å². The smallest absolute Gasteiger partial charge is 0.410 e. The third kappa shape index (κ3) is 10.0. The van der Waals surface area contributed by atoms with Crippen molar-refractivity contribution >= 4 is 85.9 Å². The third-order valence-electron chi connectivity index (χ3n) is 12.5. The number of fused-ring (bicyclic) bond motifs is 5. The van der Waals surface area contributed by atoms with Crippen molar-refractivity contribution < 1.29 is 52.9 Å². The highest BCUT2D eigenvalue weighted by Crippen LogP contribution is 2.60. The predicted octanol–water partition coefficient (Wildman–Crippen LogP) is 1.53. The fraction of sp³-hybridized carbons (Fsp3) is 0.356. The van der Waals surface area contributed by atoms with Crippen LogP contribution in [0.4, 0.5) is 21.2 Å². The number of carbonyl (C=O) groups is 7. The summed E-state index contributed by atoms with van der Waals surface area (Å²) in [6, 6.07) is 11.0. The molecule has 0 spiro atoms. The predicted molar refractivity (Wildman–Crippen MR) is 256 cm³/mol. The van der Waals surface area contributed by atoms with Crippen molar-refractivity contribution in [2.75, 3.05) is 37.1 Å². The molecular weight excluding hydrogens is 965 g/mol. The second kappa shape index (κ2) is 20.3. The Balaban J connectivity index is 0.749. The maximum Gasteiger partial charge on any atom is 0.410 e. The summed E-state index contributed by atoms with van der Waals surface area (Å²) in [7, 11) is 3.90. The number of aromatic amines is 1. The standard InChI is InChI=1S/C45H48N12O12S2/c1-20(51-39(61)23-7-9-24(10-8-23)49-14-25-15-50-38-33(52-25)40(62)55-42(47)54-38)4-13-30(58)53-28(41(63)64)19-70-71-26-11-5-22(6-12-26)17-69-44(66)57-29-16-56-34-31(36(60)32(46)21(2)35(34)59)27(18-68-43(48)65)45(56,67-3)37(29)57/h5-12,15,20,27-29,37,49H,4,13-14,16-19,46H2,1-3H3,(H2,48,65)(H,51,61)(H,53,58)(H,63,64)(H3,47,50,54,55,62)/t20-,27?,28+,29?,37?,45-,57?/m1/s1. The number of nitrogens with one attached hydrogen (secondary N) is 4. The Labute approximate surface area is 411 Å². The molecule has 8 rings (SSSR count). The van der Waals surface area contributed by atoms with Crippen LogP contribution in [0.15, 0.2) is 87.0 Å². The van der Waals surface area contributed by atoms with E-state index >= 15 is 0 Å². The number of benzene rings is 2. The molecule has 2 aromatic carbocycles. The van der Waals surface area contributed by atoms with Crippen LogP contribution in [0.25, 0.3) is 11.2 Å². The van der Waals surface area contributed by atoms with Crippen molar-refractivity contribution in [2.24, 2.45) is 17.4 Å². The molecule has 0 bridgehead atoms. The minimum absolute atomic E-state index is 0.0316. The number of carbonyl (C=O) groups excluding carboxylic acids is 6. The minimum atomic E-state index is -1.44. The van der Waals surface area contributed by atoms with E-state index in [0.29, 0.717) is 22.5 Å². The van der Waals surface area contributed by atoms with E-state index < -0.39 is 83.6 Å². The molecule has 26 heteroatoms. The first-order chi connectivity index (χ1) is 33.9. The number of ether oxygens (including phenoxy) is 3. The van der Waals surface area contributed by atoms with E-state index in [-0.39, 0.29) is 83.9 Å². The molecule has 4 aromatic rings. The number of aliphatic carboxylic acids is 1. The first-order valence-electron chi connectivity index (χ1n) is 22.0. The molecule has 4 amide bonds. The number of carboxylic acids is 1. The Hall–Kier alpha value is -7.71. The number of hydrogen-bond donors (Lipinski definition) is 8. The number of nitrogen functional groups attached to an aromatic ring is 1. The number of allylic oxidation sites excluding steroid dienone is 2. The molecule has 5 heterocycles. The molecule has 2 aromatic heterocycles. The van der Waals surface area contributed by atoms with Gasteiger partial charge in [0.15, 0.2) is 16.9 Å². The molecule has 2 saturated heterocycles. The summed E-state index contributed by atoms with van der Waals surface area (Å²) in [4.78, 5) is 121.